The van der Waals surface area contributed by atoms with Gasteiger partial charge in [-0.25, -0.2) is 0 Å². The molecule has 0 unspecified atom stereocenters. The Morgan fingerprint density at radius 3 is 2.56 bits per heavy atom. The van der Waals surface area contributed by atoms with Gasteiger partial charge in [-0.05, 0) is 36.8 Å². The van der Waals surface area contributed by atoms with E-state index >= 15 is 0 Å². The van der Waals surface area contributed by atoms with Crippen LogP contribution in [0.4, 0.5) is 0 Å². The molecule has 5 rings (SSSR count). The van der Waals surface area contributed by atoms with E-state index < -0.39 is 0 Å². The fourth-order valence-electron chi connectivity index (χ4n) is 4.56. The topological polar surface area (TPSA) is 99.1 Å². The number of aryl methyl sites for hydroxylation is 1. The summed E-state index contributed by atoms with van der Waals surface area (Å²) in [4.78, 5) is 41.0. The lowest BCUT2D eigenvalue weighted by Crippen LogP contribution is -2.34. The smallest absolute Gasteiger partial charge is 0.257 e. The Morgan fingerprint density at radius 1 is 1.00 bits per heavy atom. The molecule has 2 aromatic carbocycles. The lowest BCUT2D eigenvalue weighted by atomic mass is 10.1. The number of pyridine rings is 1. The second-order valence-electron chi connectivity index (χ2n) is 8.80. The van der Waals surface area contributed by atoms with Crippen molar-refractivity contribution < 1.29 is 23.8 Å². The van der Waals surface area contributed by atoms with Crippen molar-refractivity contribution in [2.24, 2.45) is 0 Å². The molecule has 9 nitrogen and oxygen atoms in total. The van der Waals surface area contributed by atoms with Gasteiger partial charge in [-0.2, -0.15) is 0 Å². The van der Waals surface area contributed by atoms with Crippen LogP contribution in [0.5, 0.6) is 17.2 Å². The maximum absolute atomic E-state index is 13.4. The lowest BCUT2D eigenvalue weighted by molar-refractivity contribution is 0.0759. The van der Waals surface area contributed by atoms with Gasteiger partial charge < -0.3 is 29.0 Å². The molecule has 2 amide bonds. The highest BCUT2D eigenvalue weighted by Gasteiger charge is 2.27. The molecule has 0 saturated heterocycles. The summed E-state index contributed by atoms with van der Waals surface area (Å²) in [5.41, 5.74) is 3.12. The summed E-state index contributed by atoms with van der Waals surface area (Å²) in [7, 11) is 1.43. The predicted molar refractivity (Wildman–Crippen MR) is 132 cm³/mol. The number of aromatic nitrogens is 1. The van der Waals surface area contributed by atoms with E-state index in [0.717, 1.165) is 11.1 Å². The van der Waals surface area contributed by atoms with Gasteiger partial charge in [-0.3, -0.25) is 14.4 Å². The van der Waals surface area contributed by atoms with E-state index in [4.69, 9.17) is 14.2 Å². The zero-order valence-corrected chi connectivity index (χ0v) is 20.2. The number of nitrogens with zero attached hydrogens (tertiary/aromatic N) is 2. The van der Waals surface area contributed by atoms with Crippen molar-refractivity contribution in [1.29, 1.82) is 0 Å². The average Bonchev–Trinajstić information content (AvgIpc) is 3.24. The summed E-state index contributed by atoms with van der Waals surface area (Å²) in [6, 6.07) is 14.2. The van der Waals surface area contributed by atoms with Crippen molar-refractivity contribution in [2.45, 2.75) is 26.4 Å². The SMILES string of the molecule is COc1cc(=O)n2c(c1C(=O)NCc1ccc3c(c1)OCO3)CCN(C(=O)c1ccc(C)cc1)CC2. The highest BCUT2D eigenvalue weighted by atomic mass is 16.7. The number of fused-ring (bicyclic) bond motifs is 2. The van der Waals surface area contributed by atoms with E-state index in [1.807, 2.05) is 31.2 Å². The molecule has 0 spiro atoms. The molecule has 3 heterocycles. The molecule has 0 radical (unpaired) electrons. The van der Waals surface area contributed by atoms with Gasteiger partial charge in [0, 0.05) is 49.9 Å². The summed E-state index contributed by atoms with van der Waals surface area (Å²) >= 11 is 0. The van der Waals surface area contributed by atoms with Crippen LogP contribution in [0.15, 0.2) is 53.3 Å². The van der Waals surface area contributed by atoms with Crippen molar-refractivity contribution in [3.05, 3.63) is 86.8 Å². The molecule has 2 aliphatic rings. The fraction of sp³-hybridized carbons (Fsp3) is 0.296. The Hall–Kier alpha value is -4.27. The number of rotatable bonds is 5. The van der Waals surface area contributed by atoms with Crippen LogP contribution in [-0.2, 0) is 19.5 Å². The number of methoxy groups -OCH3 is 1. The summed E-state index contributed by atoms with van der Waals surface area (Å²) < 4.78 is 17.7. The molecule has 9 heteroatoms. The molecule has 3 aromatic rings. The monoisotopic (exact) mass is 489 g/mol. The van der Waals surface area contributed by atoms with Crippen LogP contribution in [0.2, 0.25) is 0 Å². The number of benzene rings is 2. The van der Waals surface area contributed by atoms with Crippen LogP contribution >= 0.6 is 0 Å². The summed E-state index contributed by atoms with van der Waals surface area (Å²) in [5.74, 6) is 1.07. The van der Waals surface area contributed by atoms with Gasteiger partial charge in [-0.1, -0.05) is 23.8 Å². The third kappa shape index (κ3) is 4.51. The van der Waals surface area contributed by atoms with Gasteiger partial charge in [-0.15, -0.1) is 0 Å². The molecule has 186 valence electrons. The molecule has 0 atom stereocenters. The lowest BCUT2D eigenvalue weighted by Gasteiger charge is -2.20. The Balaban J connectivity index is 1.38. The summed E-state index contributed by atoms with van der Waals surface area (Å²) in [6.45, 7) is 3.44. The molecule has 1 aromatic heterocycles. The first kappa shape index (κ1) is 23.5. The van der Waals surface area contributed by atoms with Crippen molar-refractivity contribution in [2.75, 3.05) is 27.0 Å². The van der Waals surface area contributed by atoms with Gasteiger partial charge in [0.25, 0.3) is 17.4 Å². The first-order valence-corrected chi connectivity index (χ1v) is 11.8. The zero-order valence-electron chi connectivity index (χ0n) is 20.2. The fourth-order valence-corrected chi connectivity index (χ4v) is 4.56. The zero-order chi connectivity index (χ0) is 25.2. The van der Waals surface area contributed by atoms with Crippen molar-refractivity contribution >= 4 is 11.8 Å². The van der Waals surface area contributed by atoms with Crippen molar-refractivity contribution in [3.8, 4) is 17.2 Å². The third-order valence-electron chi connectivity index (χ3n) is 6.52. The summed E-state index contributed by atoms with van der Waals surface area (Å²) in [6.07, 6.45) is 0.344. The van der Waals surface area contributed by atoms with E-state index in [1.54, 1.807) is 27.7 Å². The minimum atomic E-state index is -0.355. The molecule has 1 N–H and O–H groups in total. The van der Waals surface area contributed by atoms with Gasteiger partial charge >= 0.3 is 0 Å². The molecule has 0 saturated carbocycles. The van der Waals surface area contributed by atoms with Gasteiger partial charge in [0.2, 0.25) is 6.79 Å². The molecular weight excluding hydrogens is 462 g/mol. The quantitative estimate of drug-likeness (QED) is 0.592. The molecule has 0 bridgehead atoms. The minimum absolute atomic E-state index is 0.100. The molecular formula is C27H27N3O6. The van der Waals surface area contributed by atoms with Crippen molar-refractivity contribution in [3.63, 3.8) is 0 Å². The second-order valence-corrected chi connectivity index (χ2v) is 8.80. The van der Waals surface area contributed by atoms with Crippen LogP contribution in [0.3, 0.4) is 0 Å². The van der Waals surface area contributed by atoms with Crippen LogP contribution in [0.1, 0.15) is 37.5 Å². The minimum Gasteiger partial charge on any atom is -0.496 e. The predicted octanol–water partition coefficient (Wildman–Crippen LogP) is 2.52. The normalized spacial score (nSPS) is 14.1. The second kappa shape index (κ2) is 9.77. The number of ether oxygens (including phenoxy) is 3. The summed E-state index contributed by atoms with van der Waals surface area (Å²) in [5, 5.41) is 2.93. The average molecular weight is 490 g/mol. The first-order valence-electron chi connectivity index (χ1n) is 11.8. The van der Waals surface area contributed by atoms with E-state index in [1.165, 1.54) is 13.2 Å². The standard InChI is InChI=1S/C27H27N3O6/c1-17-3-6-19(7-4-17)27(33)29-10-9-20-25(23(34-2)14-24(31)30(20)12-11-29)26(32)28-15-18-5-8-21-22(13-18)36-16-35-21/h3-8,13-14H,9-12,15-16H2,1-2H3,(H,28,32). The van der Waals surface area contributed by atoms with Crippen LogP contribution < -0.4 is 25.1 Å². The van der Waals surface area contributed by atoms with Gasteiger partial charge in [0.1, 0.15) is 11.3 Å². The largest absolute Gasteiger partial charge is 0.496 e. The van der Waals surface area contributed by atoms with Gasteiger partial charge in [0.15, 0.2) is 11.5 Å². The molecule has 2 aliphatic heterocycles. The number of nitrogens with one attached hydrogen (secondary N) is 1. The molecule has 0 aliphatic carbocycles. The maximum atomic E-state index is 13.4. The Labute approximate surface area is 208 Å². The van der Waals surface area contributed by atoms with Crippen molar-refractivity contribution in [1.82, 2.24) is 14.8 Å². The maximum Gasteiger partial charge on any atom is 0.257 e. The van der Waals surface area contributed by atoms with Gasteiger partial charge in [0.05, 0.1) is 7.11 Å². The molecule has 36 heavy (non-hydrogen) atoms. The Morgan fingerprint density at radius 2 is 1.78 bits per heavy atom. The highest BCUT2D eigenvalue weighted by molar-refractivity contribution is 5.98. The Kier molecular flexibility index (Phi) is 6.37. The van der Waals surface area contributed by atoms with Crippen LogP contribution in [-0.4, -0.2) is 48.3 Å². The van der Waals surface area contributed by atoms with E-state index in [9.17, 15) is 14.4 Å². The number of carbonyl (C=O) groups is 2. The first-order chi connectivity index (χ1) is 17.4. The van der Waals surface area contributed by atoms with Crippen LogP contribution in [0, 0.1) is 6.92 Å². The van der Waals surface area contributed by atoms with E-state index in [0.29, 0.717) is 47.8 Å². The van der Waals surface area contributed by atoms with E-state index in [-0.39, 0.29) is 43.0 Å². The van der Waals surface area contributed by atoms with E-state index in [2.05, 4.69) is 5.32 Å². The number of hydrogen-bond acceptors (Lipinski definition) is 6. The third-order valence-corrected chi connectivity index (χ3v) is 6.52. The number of amides is 2. The number of hydrogen-bond donors (Lipinski definition) is 1. The molecule has 0 fully saturated rings. The number of carbonyl (C=O) groups excluding carboxylic acids is 2. The highest BCUT2D eigenvalue weighted by Crippen LogP contribution is 2.32. The van der Waals surface area contributed by atoms with Crippen LogP contribution in [0.25, 0.3) is 0 Å². The Bertz CT molecular complexity index is 1380.